The summed E-state index contributed by atoms with van der Waals surface area (Å²) in [6, 6.07) is 25.6. The largest absolute Gasteiger partial charge is 0.497 e. The molecule has 0 fully saturated rings. The van der Waals surface area contributed by atoms with Crippen molar-refractivity contribution >= 4 is 12.0 Å². The van der Waals surface area contributed by atoms with Gasteiger partial charge in [-0.2, -0.15) is 0 Å². The molecule has 1 aliphatic heterocycles. The van der Waals surface area contributed by atoms with Crippen LogP contribution in [0.15, 0.2) is 96.2 Å². The Hall–Kier alpha value is -4.06. The first-order valence-electron chi connectivity index (χ1n) is 10.7. The van der Waals surface area contributed by atoms with Crippen molar-refractivity contribution in [1.29, 1.82) is 0 Å². The van der Waals surface area contributed by atoms with Crippen molar-refractivity contribution in [3.8, 4) is 5.75 Å². The first-order chi connectivity index (χ1) is 16.1. The fourth-order valence-electron chi connectivity index (χ4n) is 3.85. The lowest BCUT2D eigenvalue weighted by Crippen LogP contribution is -2.47. The smallest absolute Gasteiger partial charge is 0.338 e. The van der Waals surface area contributed by atoms with E-state index in [1.807, 2.05) is 72.8 Å². The summed E-state index contributed by atoms with van der Waals surface area (Å²) in [7, 11) is 1.59. The number of carbonyl (C=O) groups is 2. The van der Waals surface area contributed by atoms with E-state index in [2.05, 4.69) is 5.32 Å². The third-order valence-corrected chi connectivity index (χ3v) is 5.66. The number of allylic oxidation sites excluding steroid dienone is 1. The number of esters is 1. The Labute approximate surface area is 193 Å². The Morgan fingerprint density at radius 1 is 0.909 bits per heavy atom. The van der Waals surface area contributed by atoms with Crippen LogP contribution in [0.4, 0.5) is 4.79 Å². The highest BCUT2D eigenvalue weighted by atomic mass is 16.5. The van der Waals surface area contributed by atoms with Gasteiger partial charge in [0.15, 0.2) is 0 Å². The first-order valence-corrected chi connectivity index (χ1v) is 10.7. The predicted octanol–water partition coefficient (Wildman–Crippen LogP) is 4.98. The van der Waals surface area contributed by atoms with Crippen molar-refractivity contribution in [3.05, 3.63) is 113 Å². The van der Waals surface area contributed by atoms with E-state index in [9.17, 15) is 9.59 Å². The maximum Gasteiger partial charge on any atom is 0.338 e. The number of ether oxygens (including phenoxy) is 2. The molecule has 168 valence electrons. The zero-order chi connectivity index (χ0) is 23.2. The molecule has 2 amide bonds. The molecule has 6 heteroatoms. The number of benzene rings is 3. The zero-order valence-electron chi connectivity index (χ0n) is 18.7. The molecule has 0 radical (unpaired) electrons. The molecule has 1 heterocycles. The van der Waals surface area contributed by atoms with Crippen molar-refractivity contribution < 1.29 is 19.1 Å². The molecule has 0 aliphatic carbocycles. The second kappa shape index (κ2) is 10.0. The maximum absolute atomic E-state index is 13.3. The predicted molar refractivity (Wildman–Crippen MR) is 125 cm³/mol. The molecule has 0 spiro atoms. The fraction of sp³-hybridized carbons (Fsp3) is 0.185. The third-order valence-electron chi connectivity index (χ3n) is 5.66. The van der Waals surface area contributed by atoms with E-state index in [0.717, 1.165) is 16.7 Å². The summed E-state index contributed by atoms with van der Waals surface area (Å²) in [5, 5.41) is 2.99. The van der Waals surface area contributed by atoms with Gasteiger partial charge in [0.2, 0.25) is 0 Å². The van der Waals surface area contributed by atoms with Gasteiger partial charge in [0.25, 0.3) is 0 Å². The summed E-state index contributed by atoms with van der Waals surface area (Å²) in [6.07, 6.45) is 0. The molecule has 1 unspecified atom stereocenters. The van der Waals surface area contributed by atoms with E-state index in [-0.39, 0.29) is 12.6 Å². The zero-order valence-corrected chi connectivity index (χ0v) is 18.7. The second-order valence-corrected chi connectivity index (χ2v) is 7.79. The van der Waals surface area contributed by atoms with Crippen LogP contribution in [0.25, 0.3) is 0 Å². The minimum atomic E-state index is -0.626. The van der Waals surface area contributed by atoms with Gasteiger partial charge < -0.3 is 14.8 Å². The van der Waals surface area contributed by atoms with Crippen LogP contribution in [0, 0.1) is 0 Å². The SMILES string of the molecule is COc1ccc(C2NC(=O)N(Cc3ccccc3)C(C)=C2C(=O)OCc2ccccc2)cc1. The molecule has 0 saturated heterocycles. The van der Waals surface area contributed by atoms with E-state index >= 15 is 0 Å². The van der Waals surface area contributed by atoms with Crippen LogP contribution in [-0.4, -0.2) is 24.0 Å². The van der Waals surface area contributed by atoms with Crippen molar-refractivity contribution in [3.63, 3.8) is 0 Å². The Morgan fingerprint density at radius 2 is 1.52 bits per heavy atom. The summed E-state index contributed by atoms with van der Waals surface area (Å²) in [5.74, 6) is 0.232. The molecule has 1 N–H and O–H groups in total. The monoisotopic (exact) mass is 442 g/mol. The van der Waals surface area contributed by atoms with Crippen molar-refractivity contribution in [2.45, 2.75) is 26.1 Å². The maximum atomic E-state index is 13.3. The van der Waals surface area contributed by atoms with Crippen molar-refractivity contribution in [1.82, 2.24) is 10.2 Å². The Bertz CT molecular complexity index is 1140. The number of nitrogens with zero attached hydrogens (tertiary/aromatic N) is 1. The minimum Gasteiger partial charge on any atom is -0.497 e. The third kappa shape index (κ3) is 5.06. The molecule has 1 aliphatic rings. The number of rotatable bonds is 7. The van der Waals surface area contributed by atoms with Gasteiger partial charge in [0.1, 0.15) is 12.4 Å². The van der Waals surface area contributed by atoms with Crippen LogP contribution < -0.4 is 10.1 Å². The molecule has 3 aromatic carbocycles. The van der Waals surface area contributed by atoms with Gasteiger partial charge in [-0.3, -0.25) is 4.90 Å². The fourth-order valence-corrected chi connectivity index (χ4v) is 3.85. The second-order valence-electron chi connectivity index (χ2n) is 7.79. The summed E-state index contributed by atoms with van der Waals surface area (Å²) in [4.78, 5) is 28.0. The van der Waals surface area contributed by atoms with Crippen LogP contribution in [0.5, 0.6) is 5.75 Å². The summed E-state index contributed by atoms with van der Waals surface area (Å²) < 4.78 is 10.9. The molecule has 33 heavy (non-hydrogen) atoms. The van der Waals surface area contributed by atoms with Gasteiger partial charge in [-0.25, -0.2) is 9.59 Å². The standard InChI is InChI=1S/C27H26N2O4/c1-19-24(26(30)33-18-21-11-7-4-8-12-21)25(22-13-15-23(32-2)16-14-22)28-27(31)29(19)17-20-9-5-3-6-10-20/h3-16,25H,17-18H2,1-2H3,(H,28,31). The van der Waals surface area contributed by atoms with Gasteiger partial charge in [-0.1, -0.05) is 72.8 Å². The molecular formula is C27H26N2O4. The minimum absolute atomic E-state index is 0.151. The Morgan fingerprint density at radius 3 is 2.12 bits per heavy atom. The van der Waals surface area contributed by atoms with Gasteiger partial charge in [-0.15, -0.1) is 0 Å². The lowest BCUT2D eigenvalue weighted by molar-refractivity contribution is -0.141. The highest BCUT2D eigenvalue weighted by Crippen LogP contribution is 2.33. The summed E-state index contributed by atoms with van der Waals surface area (Å²) >= 11 is 0. The summed E-state index contributed by atoms with van der Waals surface area (Å²) in [5.41, 5.74) is 3.61. The highest BCUT2D eigenvalue weighted by molar-refractivity contribution is 5.95. The number of urea groups is 1. The van der Waals surface area contributed by atoms with Gasteiger partial charge in [0.05, 0.1) is 25.3 Å². The topological polar surface area (TPSA) is 67.9 Å². The molecular weight excluding hydrogens is 416 g/mol. The van der Waals surface area contributed by atoms with E-state index in [1.165, 1.54) is 0 Å². The number of methoxy groups -OCH3 is 1. The van der Waals surface area contributed by atoms with Gasteiger partial charge in [0, 0.05) is 5.70 Å². The van der Waals surface area contributed by atoms with Crippen LogP contribution >= 0.6 is 0 Å². The molecule has 0 aromatic heterocycles. The Balaban J connectivity index is 1.67. The summed E-state index contributed by atoms with van der Waals surface area (Å²) in [6.45, 7) is 2.29. The number of nitrogens with one attached hydrogen (secondary N) is 1. The number of amides is 2. The molecule has 0 bridgehead atoms. The quantitative estimate of drug-likeness (QED) is 0.524. The highest BCUT2D eigenvalue weighted by Gasteiger charge is 2.36. The normalized spacial score (nSPS) is 15.8. The average molecular weight is 443 g/mol. The van der Waals surface area contributed by atoms with E-state index in [1.54, 1.807) is 31.1 Å². The van der Waals surface area contributed by atoms with Gasteiger partial charge in [-0.05, 0) is 35.7 Å². The number of hydrogen-bond donors (Lipinski definition) is 1. The van der Waals surface area contributed by atoms with Crippen LogP contribution in [0.2, 0.25) is 0 Å². The average Bonchev–Trinajstić information content (AvgIpc) is 2.86. The van der Waals surface area contributed by atoms with Crippen LogP contribution in [0.1, 0.15) is 29.7 Å². The van der Waals surface area contributed by atoms with Crippen LogP contribution in [0.3, 0.4) is 0 Å². The molecule has 4 rings (SSSR count). The first kappa shape index (κ1) is 22.1. The molecule has 6 nitrogen and oxygen atoms in total. The van der Waals surface area contributed by atoms with Gasteiger partial charge >= 0.3 is 12.0 Å². The Kier molecular flexibility index (Phi) is 6.74. The van der Waals surface area contributed by atoms with Crippen molar-refractivity contribution in [2.24, 2.45) is 0 Å². The van der Waals surface area contributed by atoms with Crippen LogP contribution in [-0.2, 0) is 22.7 Å². The number of carbonyl (C=O) groups excluding carboxylic acids is 2. The van der Waals surface area contributed by atoms with E-state index < -0.39 is 12.0 Å². The van der Waals surface area contributed by atoms with Crippen molar-refractivity contribution in [2.75, 3.05) is 7.11 Å². The number of hydrogen-bond acceptors (Lipinski definition) is 4. The van der Waals surface area contributed by atoms with E-state index in [4.69, 9.17) is 9.47 Å². The lowest BCUT2D eigenvalue weighted by atomic mass is 9.94. The lowest BCUT2D eigenvalue weighted by Gasteiger charge is -2.35. The molecule has 3 aromatic rings. The molecule has 0 saturated carbocycles. The molecule has 1 atom stereocenters. The van der Waals surface area contributed by atoms with E-state index in [0.29, 0.717) is 23.6 Å².